The van der Waals surface area contributed by atoms with Crippen LogP contribution < -0.4 is 5.32 Å². The third-order valence-electron chi connectivity index (χ3n) is 2.44. The predicted molar refractivity (Wildman–Crippen MR) is 74.1 cm³/mol. The van der Waals surface area contributed by atoms with Crippen LogP contribution in [-0.2, 0) is 0 Å². The molecule has 3 aromatic rings. The Kier molecular flexibility index (Phi) is 3.08. The molecule has 0 atom stereocenters. The van der Waals surface area contributed by atoms with Gasteiger partial charge in [0.25, 0.3) is 0 Å². The van der Waals surface area contributed by atoms with E-state index in [4.69, 9.17) is 11.6 Å². The predicted octanol–water partition coefficient (Wildman–Crippen LogP) is 3.65. The molecule has 0 aliphatic carbocycles. The maximum Gasteiger partial charge on any atom is 0.226 e. The molecule has 0 unspecified atom stereocenters. The maximum atomic E-state index is 13.2. The number of hydrogen-bond acceptors (Lipinski definition) is 4. The molecular formula is C11H6BrClFN5. The molecular weight excluding hydrogens is 337 g/mol. The van der Waals surface area contributed by atoms with Crippen LogP contribution in [0.15, 0.2) is 29.0 Å². The van der Waals surface area contributed by atoms with E-state index in [0.717, 1.165) is 0 Å². The largest absolute Gasteiger partial charge is 0.340 e. The Labute approximate surface area is 120 Å². The Morgan fingerprint density at radius 1 is 1.32 bits per heavy atom. The first-order valence-electron chi connectivity index (χ1n) is 5.22. The van der Waals surface area contributed by atoms with Gasteiger partial charge in [0, 0.05) is 4.47 Å². The molecule has 0 bridgehead atoms. The number of benzene rings is 1. The van der Waals surface area contributed by atoms with E-state index in [0.29, 0.717) is 27.1 Å². The summed E-state index contributed by atoms with van der Waals surface area (Å²) in [6.07, 6.45) is 1.49. The normalized spacial score (nSPS) is 10.9. The molecule has 0 aliphatic rings. The van der Waals surface area contributed by atoms with E-state index in [9.17, 15) is 4.39 Å². The smallest absolute Gasteiger partial charge is 0.226 e. The third kappa shape index (κ3) is 2.39. The fraction of sp³-hybridized carbons (Fsp3) is 0. The number of hydrogen-bond donors (Lipinski definition) is 2. The van der Waals surface area contributed by atoms with Crippen LogP contribution in [-0.4, -0.2) is 19.9 Å². The fourth-order valence-corrected chi connectivity index (χ4v) is 2.13. The van der Waals surface area contributed by atoms with Crippen molar-refractivity contribution in [1.82, 2.24) is 19.9 Å². The molecule has 0 spiro atoms. The van der Waals surface area contributed by atoms with E-state index in [1.54, 1.807) is 6.07 Å². The number of aromatic amines is 1. The van der Waals surface area contributed by atoms with Crippen molar-refractivity contribution >= 4 is 50.2 Å². The Balaban J connectivity index is 2.10. The monoisotopic (exact) mass is 341 g/mol. The van der Waals surface area contributed by atoms with Crippen LogP contribution in [0.3, 0.4) is 0 Å². The maximum absolute atomic E-state index is 13.2. The minimum absolute atomic E-state index is 0.0645. The van der Waals surface area contributed by atoms with Gasteiger partial charge in [0.15, 0.2) is 11.5 Å². The van der Waals surface area contributed by atoms with Crippen LogP contribution >= 0.6 is 27.5 Å². The van der Waals surface area contributed by atoms with Crippen LogP contribution in [0.4, 0.5) is 15.9 Å². The molecule has 2 aromatic heterocycles. The number of imidazole rings is 1. The number of fused-ring (bicyclic) bond motifs is 1. The molecule has 0 saturated heterocycles. The number of nitrogens with one attached hydrogen (secondary N) is 2. The molecule has 2 heterocycles. The van der Waals surface area contributed by atoms with Crippen LogP contribution in [0.1, 0.15) is 0 Å². The zero-order valence-corrected chi connectivity index (χ0v) is 11.6. The highest BCUT2D eigenvalue weighted by Gasteiger charge is 2.11. The van der Waals surface area contributed by atoms with Crippen molar-refractivity contribution < 1.29 is 4.39 Å². The quantitative estimate of drug-likeness (QED) is 0.698. The molecule has 96 valence electrons. The summed E-state index contributed by atoms with van der Waals surface area (Å²) in [4.78, 5) is 14.9. The highest BCUT2D eigenvalue weighted by Crippen LogP contribution is 2.28. The van der Waals surface area contributed by atoms with Gasteiger partial charge in [0.05, 0.1) is 12.0 Å². The summed E-state index contributed by atoms with van der Waals surface area (Å²) < 4.78 is 13.9. The second kappa shape index (κ2) is 4.75. The van der Waals surface area contributed by atoms with Gasteiger partial charge in [-0.25, -0.2) is 9.37 Å². The number of halogens is 3. The molecule has 0 radical (unpaired) electrons. The zero-order valence-electron chi connectivity index (χ0n) is 9.28. The van der Waals surface area contributed by atoms with E-state index >= 15 is 0 Å². The second-order valence-electron chi connectivity index (χ2n) is 3.69. The molecule has 2 N–H and O–H groups in total. The molecule has 1 aromatic carbocycles. The molecule has 3 rings (SSSR count). The first-order chi connectivity index (χ1) is 9.13. The van der Waals surface area contributed by atoms with E-state index in [1.165, 1.54) is 18.5 Å². The van der Waals surface area contributed by atoms with Gasteiger partial charge < -0.3 is 10.3 Å². The lowest BCUT2D eigenvalue weighted by Gasteiger charge is -2.08. The average molecular weight is 343 g/mol. The van der Waals surface area contributed by atoms with Gasteiger partial charge in [-0.3, -0.25) is 0 Å². The van der Waals surface area contributed by atoms with Gasteiger partial charge in [0.2, 0.25) is 5.28 Å². The summed E-state index contributed by atoms with van der Waals surface area (Å²) in [5, 5.41) is 3.05. The Bertz CT molecular complexity index is 760. The second-order valence-corrected chi connectivity index (χ2v) is 4.88. The average Bonchev–Trinajstić information content (AvgIpc) is 2.82. The summed E-state index contributed by atoms with van der Waals surface area (Å²) in [6, 6.07) is 4.31. The van der Waals surface area contributed by atoms with Crippen molar-refractivity contribution in [3.8, 4) is 0 Å². The first kappa shape index (κ1) is 12.3. The topological polar surface area (TPSA) is 66.5 Å². The highest BCUT2D eigenvalue weighted by molar-refractivity contribution is 9.10. The van der Waals surface area contributed by atoms with Gasteiger partial charge in [0.1, 0.15) is 11.3 Å². The molecule has 0 saturated carbocycles. The summed E-state index contributed by atoms with van der Waals surface area (Å²) in [5.41, 5.74) is 1.57. The number of aromatic nitrogens is 4. The Morgan fingerprint density at radius 3 is 3.00 bits per heavy atom. The van der Waals surface area contributed by atoms with Crippen molar-refractivity contribution in [1.29, 1.82) is 0 Å². The summed E-state index contributed by atoms with van der Waals surface area (Å²) in [7, 11) is 0. The minimum atomic E-state index is -0.355. The molecule has 0 amide bonds. The van der Waals surface area contributed by atoms with Crippen molar-refractivity contribution in [2.45, 2.75) is 0 Å². The van der Waals surface area contributed by atoms with Crippen molar-refractivity contribution in [3.05, 3.63) is 40.1 Å². The van der Waals surface area contributed by atoms with Gasteiger partial charge in [-0.2, -0.15) is 9.97 Å². The molecule has 0 fully saturated rings. The van der Waals surface area contributed by atoms with Gasteiger partial charge in [-0.15, -0.1) is 0 Å². The minimum Gasteiger partial charge on any atom is -0.340 e. The summed E-state index contributed by atoms with van der Waals surface area (Å²) >= 11 is 9.15. The first-order valence-corrected chi connectivity index (χ1v) is 6.39. The third-order valence-corrected chi connectivity index (χ3v) is 3.30. The van der Waals surface area contributed by atoms with Crippen LogP contribution in [0.25, 0.3) is 11.2 Å². The van der Waals surface area contributed by atoms with Crippen LogP contribution in [0, 0.1) is 5.82 Å². The molecule has 19 heavy (non-hydrogen) atoms. The van der Waals surface area contributed by atoms with Crippen molar-refractivity contribution in [2.75, 3.05) is 5.32 Å². The summed E-state index contributed by atoms with van der Waals surface area (Å²) in [6.45, 7) is 0. The number of H-pyrrole nitrogens is 1. The Morgan fingerprint density at radius 2 is 2.16 bits per heavy atom. The zero-order chi connectivity index (χ0) is 13.4. The number of rotatable bonds is 2. The van der Waals surface area contributed by atoms with E-state index in [-0.39, 0.29) is 11.1 Å². The fourth-order valence-electron chi connectivity index (χ4n) is 1.62. The number of nitrogens with zero attached hydrogens (tertiary/aromatic N) is 3. The van der Waals surface area contributed by atoms with E-state index < -0.39 is 0 Å². The van der Waals surface area contributed by atoms with E-state index in [1.807, 2.05) is 0 Å². The van der Waals surface area contributed by atoms with E-state index in [2.05, 4.69) is 41.2 Å². The molecule has 5 nitrogen and oxygen atoms in total. The summed E-state index contributed by atoms with van der Waals surface area (Å²) in [5.74, 6) is 0.0745. The molecule has 0 aliphatic heterocycles. The SMILES string of the molecule is Fc1ccc(Br)c(Nc2nc(Cl)nc3nc[nH]c23)c1. The lowest BCUT2D eigenvalue weighted by atomic mass is 10.3. The Hall–Kier alpha value is -1.73. The lowest BCUT2D eigenvalue weighted by molar-refractivity contribution is 0.628. The van der Waals surface area contributed by atoms with Crippen molar-refractivity contribution in [3.63, 3.8) is 0 Å². The van der Waals surface area contributed by atoms with Gasteiger partial charge in [-0.1, -0.05) is 0 Å². The van der Waals surface area contributed by atoms with Crippen LogP contribution in [0.5, 0.6) is 0 Å². The van der Waals surface area contributed by atoms with Gasteiger partial charge in [-0.05, 0) is 45.7 Å². The van der Waals surface area contributed by atoms with Crippen molar-refractivity contribution in [2.24, 2.45) is 0 Å². The van der Waals surface area contributed by atoms with Gasteiger partial charge >= 0.3 is 0 Å². The van der Waals surface area contributed by atoms with Crippen LogP contribution in [0.2, 0.25) is 5.28 Å². The molecule has 8 heteroatoms. The standard InChI is InChI=1S/C11H6BrClFN5/c12-6-2-1-5(14)3-7(6)17-10-8-9(16-4-15-8)18-11(13)19-10/h1-4H,(H2,15,16,17,18,19). The lowest BCUT2D eigenvalue weighted by Crippen LogP contribution is -1.98. The highest BCUT2D eigenvalue weighted by atomic mass is 79.9. The number of anilines is 2.